The van der Waals surface area contributed by atoms with Gasteiger partial charge in [0.1, 0.15) is 11.9 Å². The molecule has 184 valence electrons. The number of likely N-dealkylation sites (tertiary alicyclic amines) is 1. The Labute approximate surface area is 205 Å². The van der Waals surface area contributed by atoms with Crippen LogP contribution < -0.4 is 14.2 Å². The number of para-hydroxylation sites is 1. The van der Waals surface area contributed by atoms with Gasteiger partial charge in [0.25, 0.3) is 0 Å². The summed E-state index contributed by atoms with van der Waals surface area (Å²) in [5.74, 6) is 2.15. The lowest BCUT2D eigenvalue weighted by molar-refractivity contribution is -0.154. The molecule has 5 atom stereocenters. The number of likely N-dealkylation sites (N-methyl/N-ethyl adjacent to an activating group) is 1. The van der Waals surface area contributed by atoms with E-state index in [-0.39, 0.29) is 30.7 Å². The van der Waals surface area contributed by atoms with E-state index in [0.29, 0.717) is 23.5 Å². The van der Waals surface area contributed by atoms with Crippen LogP contribution in [0.25, 0.3) is 0 Å². The summed E-state index contributed by atoms with van der Waals surface area (Å²) in [6.07, 6.45) is 5.57. The second kappa shape index (κ2) is 8.57. The molecular weight excluding hydrogens is 446 g/mol. The molecule has 2 aliphatic carbocycles. The SMILES string of the molecule is COCOc1ccc2c3c1O[C@H]1[C@@H](OC(=O)Cc4ccccc4OC)C=C[C@H]4[C@@H](C2)N(C)CC[C@@]341. The highest BCUT2D eigenvalue weighted by atomic mass is 16.7. The number of ether oxygens (including phenoxy) is 5. The van der Waals surface area contributed by atoms with Gasteiger partial charge in [-0.25, -0.2) is 0 Å². The Morgan fingerprint density at radius 1 is 1.14 bits per heavy atom. The van der Waals surface area contributed by atoms with Crippen LogP contribution in [0.5, 0.6) is 17.2 Å². The predicted molar refractivity (Wildman–Crippen MR) is 129 cm³/mol. The molecule has 4 aliphatic rings. The van der Waals surface area contributed by atoms with Crippen molar-refractivity contribution in [2.45, 2.75) is 42.9 Å². The third-order valence-corrected chi connectivity index (χ3v) is 8.24. The van der Waals surface area contributed by atoms with Crippen molar-refractivity contribution in [1.29, 1.82) is 0 Å². The van der Waals surface area contributed by atoms with Crippen LogP contribution >= 0.6 is 0 Å². The highest BCUT2D eigenvalue weighted by molar-refractivity contribution is 5.74. The van der Waals surface area contributed by atoms with E-state index in [9.17, 15) is 4.79 Å². The van der Waals surface area contributed by atoms with Crippen LogP contribution in [0.1, 0.15) is 23.1 Å². The highest BCUT2D eigenvalue weighted by Gasteiger charge is 2.65. The molecule has 2 bridgehead atoms. The highest BCUT2D eigenvalue weighted by Crippen LogP contribution is 2.62. The van der Waals surface area contributed by atoms with Crippen molar-refractivity contribution in [3.63, 3.8) is 0 Å². The van der Waals surface area contributed by atoms with Crippen LogP contribution in [0.4, 0.5) is 0 Å². The molecule has 7 heteroatoms. The molecule has 2 aromatic carbocycles. The van der Waals surface area contributed by atoms with Crippen LogP contribution in [-0.4, -0.2) is 63.7 Å². The Bertz CT molecular complexity index is 1180. The molecule has 0 aromatic heterocycles. The third kappa shape index (κ3) is 3.36. The fraction of sp³-hybridized carbons (Fsp3) is 0.464. The average molecular weight is 478 g/mol. The number of esters is 1. The summed E-state index contributed by atoms with van der Waals surface area (Å²) in [5, 5.41) is 0. The molecule has 2 aromatic rings. The largest absolute Gasteiger partial charge is 0.496 e. The number of rotatable bonds is 7. The summed E-state index contributed by atoms with van der Waals surface area (Å²) in [6.45, 7) is 1.12. The second-order valence-electron chi connectivity index (χ2n) is 9.91. The first-order valence-corrected chi connectivity index (χ1v) is 12.2. The van der Waals surface area contributed by atoms with Gasteiger partial charge in [0.2, 0.25) is 0 Å². The Hall–Kier alpha value is -3.03. The summed E-state index contributed by atoms with van der Waals surface area (Å²) in [7, 11) is 5.42. The van der Waals surface area contributed by atoms with E-state index < -0.39 is 6.10 Å². The van der Waals surface area contributed by atoms with E-state index in [2.05, 4.69) is 24.1 Å². The normalized spacial score (nSPS) is 29.8. The first-order chi connectivity index (χ1) is 17.1. The number of carbonyl (C=O) groups is 1. The number of hydrogen-bond acceptors (Lipinski definition) is 7. The monoisotopic (exact) mass is 477 g/mol. The van der Waals surface area contributed by atoms with Crippen LogP contribution in [0.3, 0.4) is 0 Å². The summed E-state index contributed by atoms with van der Waals surface area (Å²) in [5.41, 5.74) is 3.10. The molecule has 0 radical (unpaired) electrons. The van der Waals surface area contributed by atoms with Crippen LogP contribution in [0.15, 0.2) is 48.6 Å². The maximum atomic E-state index is 13.1. The van der Waals surface area contributed by atoms with Crippen molar-refractivity contribution in [2.75, 3.05) is 34.6 Å². The third-order valence-electron chi connectivity index (χ3n) is 8.24. The molecule has 7 nitrogen and oxygen atoms in total. The van der Waals surface area contributed by atoms with Crippen molar-refractivity contribution < 1.29 is 28.5 Å². The minimum Gasteiger partial charge on any atom is -0.496 e. The van der Waals surface area contributed by atoms with Gasteiger partial charge in [-0.15, -0.1) is 0 Å². The molecule has 1 saturated heterocycles. The molecule has 6 rings (SSSR count). The predicted octanol–water partition coefficient (Wildman–Crippen LogP) is 3.28. The summed E-state index contributed by atoms with van der Waals surface area (Å²) in [6, 6.07) is 12.1. The van der Waals surface area contributed by atoms with E-state index in [1.54, 1.807) is 14.2 Å². The van der Waals surface area contributed by atoms with E-state index >= 15 is 0 Å². The second-order valence-corrected chi connectivity index (χ2v) is 9.91. The van der Waals surface area contributed by atoms with Gasteiger partial charge in [-0.3, -0.25) is 4.79 Å². The molecule has 0 saturated carbocycles. The maximum Gasteiger partial charge on any atom is 0.311 e. The van der Waals surface area contributed by atoms with Gasteiger partial charge in [-0.2, -0.15) is 0 Å². The summed E-state index contributed by atoms with van der Waals surface area (Å²) < 4.78 is 29.3. The number of nitrogens with zero attached hydrogens (tertiary/aromatic N) is 1. The molecule has 35 heavy (non-hydrogen) atoms. The van der Waals surface area contributed by atoms with Crippen LogP contribution in [0, 0.1) is 5.92 Å². The molecule has 2 aliphatic heterocycles. The number of piperidine rings is 1. The average Bonchev–Trinajstić information content (AvgIpc) is 3.22. The Morgan fingerprint density at radius 2 is 2.00 bits per heavy atom. The van der Waals surface area contributed by atoms with Crippen LogP contribution in [0.2, 0.25) is 0 Å². The maximum absolute atomic E-state index is 13.1. The fourth-order valence-corrected chi connectivity index (χ4v) is 6.74. The summed E-state index contributed by atoms with van der Waals surface area (Å²) in [4.78, 5) is 15.5. The van der Waals surface area contributed by atoms with Gasteiger partial charge in [0.05, 0.1) is 13.5 Å². The van der Waals surface area contributed by atoms with Gasteiger partial charge in [0.15, 0.2) is 24.4 Å². The zero-order chi connectivity index (χ0) is 24.2. The van der Waals surface area contributed by atoms with Crippen molar-refractivity contribution in [1.82, 2.24) is 4.90 Å². The molecular formula is C28H31NO6. The fourth-order valence-electron chi connectivity index (χ4n) is 6.74. The van der Waals surface area contributed by atoms with Crippen molar-refractivity contribution in [2.24, 2.45) is 5.92 Å². The van der Waals surface area contributed by atoms with Crippen LogP contribution in [-0.2, 0) is 32.5 Å². The Morgan fingerprint density at radius 3 is 2.83 bits per heavy atom. The number of hydrogen-bond donors (Lipinski definition) is 0. The lowest BCUT2D eigenvalue weighted by Crippen LogP contribution is -2.65. The smallest absolute Gasteiger partial charge is 0.311 e. The number of methoxy groups -OCH3 is 2. The van der Waals surface area contributed by atoms with E-state index in [0.717, 1.165) is 30.7 Å². The molecule has 1 spiro atoms. The Kier molecular flexibility index (Phi) is 5.49. The zero-order valence-corrected chi connectivity index (χ0v) is 20.4. The molecule has 1 fully saturated rings. The topological polar surface area (TPSA) is 66.5 Å². The van der Waals surface area contributed by atoms with Gasteiger partial charge < -0.3 is 28.6 Å². The molecule has 0 unspecified atom stereocenters. The van der Waals surface area contributed by atoms with Crippen molar-refractivity contribution in [3.8, 4) is 17.2 Å². The molecule has 0 amide bonds. The molecule has 0 N–H and O–H groups in total. The number of carbonyl (C=O) groups excluding carboxylic acids is 1. The quantitative estimate of drug-likeness (QED) is 0.345. The standard InChI is InChI=1S/C28H31NO6/c1-29-13-12-28-19-9-11-23(34-24(30)15-17-6-4-5-7-21(17)32-3)27(28)35-26-22(33-16-31-2)10-8-18(25(26)28)14-20(19)29/h4-11,19-20,23,27H,12-16H2,1-3H3/t19-,20+,23-,27-,28-/m0/s1. The number of benzene rings is 2. The lowest BCUT2D eigenvalue weighted by atomic mass is 9.53. The first kappa shape index (κ1) is 22.4. The minimum absolute atomic E-state index is 0.142. The zero-order valence-electron chi connectivity index (χ0n) is 20.4. The molecule has 2 heterocycles. The van der Waals surface area contributed by atoms with E-state index in [4.69, 9.17) is 23.7 Å². The van der Waals surface area contributed by atoms with Gasteiger partial charge >= 0.3 is 5.97 Å². The van der Waals surface area contributed by atoms with Gasteiger partial charge in [-0.1, -0.05) is 30.3 Å². The van der Waals surface area contributed by atoms with Gasteiger partial charge in [0, 0.05) is 35.6 Å². The van der Waals surface area contributed by atoms with Crippen molar-refractivity contribution in [3.05, 3.63) is 65.2 Å². The first-order valence-electron chi connectivity index (χ1n) is 12.2. The lowest BCUT2D eigenvalue weighted by Gasteiger charge is -2.56. The van der Waals surface area contributed by atoms with Crippen molar-refractivity contribution >= 4 is 5.97 Å². The van der Waals surface area contributed by atoms with E-state index in [1.807, 2.05) is 36.4 Å². The van der Waals surface area contributed by atoms with Gasteiger partial charge in [-0.05, 0) is 50.2 Å². The Balaban J connectivity index is 1.35. The summed E-state index contributed by atoms with van der Waals surface area (Å²) >= 11 is 0. The van der Waals surface area contributed by atoms with E-state index in [1.165, 1.54) is 11.1 Å². The minimum atomic E-state index is -0.480.